The zero-order chi connectivity index (χ0) is 23.4. The first-order chi connectivity index (χ1) is 15.1. The standard InChI is InChI=1S/C20H24F3N3O4S2/c1-30-16-6-3-2-5-15(16)18(27)24-13-19(17-7-4-12-31-17)8-10-26(11-9-19)32(28,29)25-14-20(21,22)23/h2-7,12,25H,8-11,13-14H2,1H3,(H,24,27). The highest BCUT2D eigenvalue weighted by Gasteiger charge is 2.41. The summed E-state index contributed by atoms with van der Waals surface area (Å²) in [5, 5.41) is 4.82. The number of rotatable bonds is 8. The van der Waals surface area contributed by atoms with E-state index >= 15 is 0 Å². The zero-order valence-electron chi connectivity index (χ0n) is 17.3. The predicted octanol–water partition coefficient (Wildman–Crippen LogP) is 2.92. The quantitative estimate of drug-likeness (QED) is 0.595. The Labute approximate surface area is 188 Å². The minimum atomic E-state index is -4.63. The summed E-state index contributed by atoms with van der Waals surface area (Å²) in [4.78, 5) is 13.8. The Kier molecular flexibility index (Phi) is 7.48. The largest absolute Gasteiger partial charge is 0.496 e. The van der Waals surface area contributed by atoms with Gasteiger partial charge in [-0.3, -0.25) is 4.79 Å². The fourth-order valence-corrected chi connectivity index (χ4v) is 5.87. The molecule has 1 aliphatic heterocycles. The Morgan fingerprint density at radius 1 is 1.19 bits per heavy atom. The van der Waals surface area contributed by atoms with Gasteiger partial charge in [-0.15, -0.1) is 11.3 Å². The van der Waals surface area contributed by atoms with Crippen molar-refractivity contribution in [1.82, 2.24) is 14.3 Å². The smallest absolute Gasteiger partial charge is 0.402 e. The number of amides is 1. The SMILES string of the molecule is COc1ccccc1C(=O)NCC1(c2cccs2)CCN(S(=O)(=O)NCC(F)(F)F)CC1. The van der Waals surface area contributed by atoms with E-state index in [9.17, 15) is 26.4 Å². The van der Waals surface area contributed by atoms with Gasteiger partial charge in [-0.2, -0.15) is 30.6 Å². The first-order valence-corrected chi connectivity index (χ1v) is 12.1. The van der Waals surface area contributed by atoms with Gasteiger partial charge in [-0.05, 0) is 36.4 Å². The number of nitrogens with one attached hydrogen (secondary N) is 2. The van der Waals surface area contributed by atoms with Gasteiger partial charge < -0.3 is 10.1 Å². The molecule has 12 heteroatoms. The topological polar surface area (TPSA) is 87.7 Å². The molecular weight excluding hydrogens is 467 g/mol. The fourth-order valence-electron chi connectivity index (χ4n) is 3.69. The van der Waals surface area contributed by atoms with Gasteiger partial charge in [0.2, 0.25) is 0 Å². The lowest BCUT2D eigenvalue weighted by Gasteiger charge is -2.41. The number of benzene rings is 1. The van der Waals surface area contributed by atoms with Crippen LogP contribution in [0, 0.1) is 0 Å². The van der Waals surface area contributed by atoms with Crippen molar-refractivity contribution < 1.29 is 31.1 Å². The minimum Gasteiger partial charge on any atom is -0.496 e. The third-order valence-corrected chi connectivity index (χ3v) is 8.13. The number of methoxy groups -OCH3 is 1. The zero-order valence-corrected chi connectivity index (χ0v) is 18.9. The lowest BCUT2D eigenvalue weighted by molar-refractivity contribution is -0.121. The molecule has 1 aliphatic rings. The van der Waals surface area contributed by atoms with Crippen molar-refractivity contribution >= 4 is 27.5 Å². The number of carbonyl (C=O) groups is 1. The molecule has 0 spiro atoms. The summed E-state index contributed by atoms with van der Waals surface area (Å²) in [6.07, 6.45) is -3.92. The second-order valence-corrected chi connectivity index (χ2v) is 10.2. The van der Waals surface area contributed by atoms with Crippen LogP contribution in [0.25, 0.3) is 0 Å². The number of nitrogens with zero attached hydrogens (tertiary/aromatic N) is 1. The van der Waals surface area contributed by atoms with E-state index in [2.05, 4.69) is 5.32 Å². The second-order valence-electron chi connectivity index (χ2n) is 7.48. The number of para-hydroxylation sites is 1. The van der Waals surface area contributed by atoms with Gasteiger partial charge in [-0.1, -0.05) is 18.2 Å². The predicted molar refractivity (Wildman–Crippen MR) is 115 cm³/mol. The lowest BCUT2D eigenvalue weighted by Crippen LogP contribution is -2.53. The van der Waals surface area contributed by atoms with Gasteiger partial charge in [0, 0.05) is 29.9 Å². The Hall–Kier alpha value is -2.15. The summed E-state index contributed by atoms with van der Waals surface area (Å²) in [7, 11) is -2.78. The average molecular weight is 492 g/mol. The molecule has 0 aliphatic carbocycles. The molecule has 2 heterocycles. The second kappa shape index (κ2) is 9.77. The van der Waals surface area contributed by atoms with Crippen molar-refractivity contribution in [3.63, 3.8) is 0 Å². The number of carbonyl (C=O) groups excluding carboxylic acids is 1. The molecule has 2 aromatic rings. The van der Waals surface area contributed by atoms with Crippen molar-refractivity contribution in [1.29, 1.82) is 0 Å². The van der Waals surface area contributed by atoms with E-state index in [-0.39, 0.29) is 25.5 Å². The molecule has 1 amide bonds. The molecule has 3 rings (SSSR count). The highest BCUT2D eigenvalue weighted by molar-refractivity contribution is 7.87. The molecule has 0 unspecified atom stereocenters. The maximum atomic E-state index is 12.8. The van der Waals surface area contributed by atoms with Crippen LogP contribution in [-0.4, -0.2) is 58.1 Å². The molecule has 1 fully saturated rings. The van der Waals surface area contributed by atoms with Crippen LogP contribution in [0.2, 0.25) is 0 Å². The number of thiophene rings is 1. The lowest BCUT2D eigenvalue weighted by atomic mass is 9.77. The molecule has 32 heavy (non-hydrogen) atoms. The van der Waals surface area contributed by atoms with Crippen molar-refractivity contribution in [3.05, 3.63) is 52.2 Å². The van der Waals surface area contributed by atoms with Crippen LogP contribution in [0.3, 0.4) is 0 Å². The molecule has 1 saturated heterocycles. The molecule has 0 radical (unpaired) electrons. The van der Waals surface area contributed by atoms with Crippen LogP contribution in [0.15, 0.2) is 41.8 Å². The van der Waals surface area contributed by atoms with Gasteiger partial charge in [0.05, 0.1) is 12.7 Å². The van der Waals surface area contributed by atoms with Gasteiger partial charge >= 0.3 is 6.18 Å². The van der Waals surface area contributed by atoms with Crippen molar-refractivity contribution in [2.45, 2.75) is 24.4 Å². The Bertz CT molecular complexity index is 1020. The minimum absolute atomic E-state index is 0.0373. The maximum absolute atomic E-state index is 12.8. The number of piperidine rings is 1. The third-order valence-electron chi connectivity index (χ3n) is 5.46. The Morgan fingerprint density at radius 2 is 1.88 bits per heavy atom. The van der Waals surface area contributed by atoms with Crippen LogP contribution >= 0.6 is 11.3 Å². The van der Waals surface area contributed by atoms with E-state index in [4.69, 9.17) is 4.74 Å². The summed E-state index contributed by atoms with van der Waals surface area (Å²) in [5.41, 5.74) is -0.144. The maximum Gasteiger partial charge on any atom is 0.402 e. The Morgan fingerprint density at radius 3 is 2.47 bits per heavy atom. The monoisotopic (exact) mass is 491 g/mol. The number of ether oxygens (including phenoxy) is 1. The molecule has 0 saturated carbocycles. The van der Waals surface area contributed by atoms with Gasteiger partial charge in [0.1, 0.15) is 12.3 Å². The third kappa shape index (κ3) is 5.80. The van der Waals surface area contributed by atoms with E-state index in [0.29, 0.717) is 24.2 Å². The normalized spacial score (nSPS) is 17.1. The molecule has 7 nitrogen and oxygen atoms in total. The van der Waals surface area contributed by atoms with E-state index in [1.807, 2.05) is 17.5 Å². The summed E-state index contributed by atoms with van der Waals surface area (Å²) in [5.74, 6) is 0.118. The first-order valence-electron chi connectivity index (χ1n) is 9.83. The van der Waals surface area contributed by atoms with E-state index in [1.54, 1.807) is 29.0 Å². The van der Waals surface area contributed by atoms with Crippen LogP contribution in [0.4, 0.5) is 13.2 Å². The van der Waals surface area contributed by atoms with Crippen molar-refractivity contribution in [2.24, 2.45) is 0 Å². The van der Waals surface area contributed by atoms with Crippen LogP contribution < -0.4 is 14.8 Å². The fraction of sp³-hybridized carbons (Fsp3) is 0.450. The number of hydrogen-bond acceptors (Lipinski definition) is 5. The molecule has 1 aromatic carbocycles. The molecule has 176 valence electrons. The number of hydrogen-bond donors (Lipinski definition) is 2. The first kappa shape index (κ1) is 24.5. The number of alkyl halides is 3. The van der Waals surface area contributed by atoms with Crippen molar-refractivity contribution in [2.75, 3.05) is 33.3 Å². The van der Waals surface area contributed by atoms with E-state index < -0.39 is 28.3 Å². The average Bonchev–Trinajstić information content (AvgIpc) is 3.32. The highest BCUT2D eigenvalue weighted by atomic mass is 32.2. The Balaban J connectivity index is 1.71. The van der Waals surface area contributed by atoms with Crippen LogP contribution in [0.1, 0.15) is 28.1 Å². The number of halogens is 3. The molecule has 0 atom stereocenters. The van der Waals surface area contributed by atoms with Gasteiger partial charge in [-0.25, -0.2) is 0 Å². The summed E-state index contributed by atoms with van der Waals surface area (Å²) >= 11 is 1.50. The van der Waals surface area contributed by atoms with Crippen LogP contribution in [0.5, 0.6) is 5.75 Å². The molecule has 0 bridgehead atoms. The van der Waals surface area contributed by atoms with Gasteiger partial charge in [0.25, 0.3) is 16.1 Å². The highest BCUT2D eigenvalue weighted by Crippen LogP contribution is 2.38. The molecule has 1 aromatic heterocycles. The molecular formula is C20H24F3N3O4S2. The van der Waals surface area contributed by atoms with Crippen molar-refractivity contribution in [3.8, 4) is 5.75 Å². The van der Waals surface area contributed by atoms with E-state index in [1.165, 1.54) is 18.4 Å². The van der Waals surface area contributed by atoms with Crippen LogP contribution in [-0.2, 0) is 15.6 Å². The summed E-state index contributed by atoms with van der Waals surface area (Å²) in [6.45, 7) is -1.28. The van der Waals surface area contributed by atoms with Gasteiger partial charge in [0.15, 0.2) is 0 Å². The summed E-state index contributed by atoms with van der Waals surface area (Å²) < 4.78 is 69.8. The molecule has 2 N–H and O–H groups in total. The van der Waals surface area contributed by atoms with E-state index in [0.717, 1.165) is 9.18 Å². The summed E-state index contributed by atoms with van der Waals surface area (Å²) in [6, 6.07) is 10.6.